The second kappa shape index (κ2) is 6.86. The maximum Gasteiger partial charge on any atom is 0.241 e. The zero-order valence-electron chi connectivity index (χ0n) is 13.9. The summed E-state index contributed by atoms with van der Waals surface area (Å²) < 4.78 is 30.0. The molecule has 1 aliphatic rings. The van der Waals surface area contributed by atoms with Crippen molar-refractivity contribution in [3.05, 3.63) is 46.2 Å². The molecule has 1 N–H and O–H groups in total. The van der Waals surface area contributed by atoms with Crippen LogP contribution in [0.2, 0.25) is 5.02 Å². The number of hydrogen-bond acceptors (Lipinski definition) is 3. The van der Waals surface area contributed by atoms with E-state index in [1.165, 1.54) is 29.8 Å². The summed E-state index contributed by atoms with van der Waals surface area (Å²) in [6.07, 6.45) is 4.18. The van der Waals surface area contributed by atoms with E-state index in [-0.39, 0.29) is 10.9 Å². The van der Waals surface area contributed by atoms with Crippen LogP contribution in [0.1, 0.15) is 49.7 Å². The van der Waals surface area contributed by atoms with Gasteiger partial charge in [0.2, 0.25) is 10.0 Å². The molecule has 7 heteroatoms. The molecule has 0 fully saturated rings. The smallest absolute Gasteiger partial charge is 0.241 e. The monoisotopic (exact) mass is 367 g/mol. The standard InChI is InChI=1S/C17H22ClN3O2S/c1-3-15-16-6-4-5-11-21(16)19-17(15)12(2)20-24(22,23)14-9-7-13(18)8-10-14/h7-10,12,20H,3-6,11H2,1-2H3. The second-order valence-electron chi connectivity index (χ2n) is 6.14. The van der Waals surface area contributed by atoms with Gasteiger partial charge in [0.05, 0.1) is 16.6 Å². The first kappa shape index (κ1) is 17.5. The van der Waals surface area contributed by atoms with E-state index in [0.29, 0.717) is 5.02 Å². The molecule has 130 valence electrons. The highest BCUT2D eigenvalue weighted by molar-refractivity contribution is 7.89. The number of fused-ring (bicyclic) bond motifs is 1. The number of hydrogen-bond donors (Lipinski definition) is 1. The van der Waals surface area contributed by atoms with E-state index >= 15 is 0 Å². The third kappa shape index (κ3) is 3.36. The van der Waals surface area contributed by atoms with Crippen LogP contribution in [0.25, 0.3) is 0 Å². The summed E-state index contributed by atoms with van der Waals surface area (Å²) in [5.41, 5.74) is 3.28. The van der Waals surface area contributed by atoms with Gasteiger partial charge in [-0.2, -0.15) is 5.10 Å². The molecule has 2 aromatic rings. The van der Waals surface area contributed by atoms with Crippen LogP contribution in [0.5, 0.6) is 0 Å². The molecular formula is C17H22ClN3O2S. The van der Waals surface area contributed by atoms with Crippen molar-refractivity contribution < 1.29 is 8.42 Å². The Bertz CT molecular complexity index is 828. The molecule has 3 rings (SSSR count). The largest absolute Gasteiger partial charge is 0.269 e. The first-order chi connectivity index (χ1) is 11.4. The van der Waals surface area contributed by atoms with Gasteiger partial charge in [-0.25, -0.2) is 13.1 Å². The molecule has 24 heavy (non-hydrogen) atoms. The molecule has 5 nitrogen and oxygen atoms in total. The third-order valence-corrected chi connectivity index (χ3v) is 6.26. The molecule has 0 bridgehead atoms. The van der Waals surface area contributed by atoms with Crippen molar-refractivity contribution in [1.82, 2.24) is 14.5 Å². The Kier molecular flexibility index (Phi) is 4.99. The van der Waals surface area contributed by atoms with Crippen molar-refractivity contribution in [2.75, 3.05) is 0 Å². The van der Waals surface area contributed by atoms with E-state index in [0.717, 1.165) is 31.5 Å². The van der Waals surface area contributed by atoms with Crippen molar-refractivity contribution in [2.24, 2.45) is 0 Å². The Labute approximate surface area is 148 Å². The van der Waals surface area contributed by atoms with Crippen LogP contribution in [-0.4, -0.2) is 18.2 Å². The van der Waals surface area contributed by atoms with Gasteiger partial charge in [-0.3, -0.25) is 4.68 Å². The predicted molar refractivity (Wildman–Crippen MR) is 94.7 cm³/mol. The van der Waals surface area contributed by atoms with E-state index in [9.17, 15) is 8.42 Å². The fraction of sp³-hybridized carbons (Fsp3) is 0.471. The minimum Gasteiger partial charge on any atom is -0.269 e. The highest BCUT2D eigenvalue weighted by Gasteiger charge is 2.25. The molecule has 1 aliphatic heterocycles. The first-order valence-electron chi connectivity index (χ1n) is 8.28. The van der Waals surface area contributed by atoms with E-state index in [4.69, 9.17) is 11.6 Å². The lowest BCUT2D eigenvalue weighted by molar-refractivity contribution is 0.478. The molecule has 0 amide bonds. The van der Waals surface area contributed by atoms with E-state index in [2.05, 4.69) is 16.7 Å². The molecule has 0 saturated carbocycles. The van der Waals surface area contributed by atoms with Crippen LogP contribution >= 0.6 is 11.6 Å². The lowest BCUT2D eigenvalue weighted by Crippen LogP contribution is -2.27. The summed E-state index contributed by atoms with van der Waals surface area (Å²) in [5.74, 6) is 0. The van der Waals surface area contributed by atoms with Crippen LogP contribution in [0.3, 0.4) is 0 Å². The number of nitrogens with zero attached hydrogens (tertiary/aromatic N) is 2. The molecule has 0 spiro atoms. The van der Waals surface area contributed by atoms with Gasteiger partial charge in [-0.1, -0.05) is 18.5 Å². The quantitative estimate of drug-likeness (QED) is 0.879. The summed E-state index contributed by atoms with van der Waals surface area (Å²) in [4.78, 5) is 0.209. The minimum absolute atomic E-state index is 0.209. The molecular weight excluding hydrogens is 346 g/mol. The Morgan fingerprint density at radius 2 is 2.00 bits per heavy atom. The number of nitrogens with one attached hydrogen (secondary N) is 1. The molecule has 1 atom stereocenters. The fourth-order valence-corrected chi connectivity index (χ4v) is 4.61. The highest BCUT2D eigenvalue weighted by atomic mass is 35.5. The predicted octanol–water partition coefficient (Wildman–Crippen LogP) is 3.47. The number of benzene rings is 1. The molecule has 1 aromatic carbocycles. The SMILES string of the molecule is CCc1c(C(C)NS(=O)(=O)c2ccc(Cl)cc2)nn2c1CCCC2. The third-order valence-electron chi connectivity index (χ3n) is 4.45. The number of aryl methyl sites for hydroxylation is 1. The maximum atomic E-state index is 12.6. The zero-order valence-corrected chi connectivity index (χ0v) is 15.5. The Morgan fingerprint density at radius 3 is 2.67 bits per heavy atom. The number of sulfonamides is 1. The zero-order chi connectivity index (χ0) is 17.3. The molecule has 2 heterocycles. The van der Waals surface area contributed by atoms with Gasteiger partial charge in [-0.05, 0) is 62.4 Å². The Hall–Kier alpha value is -1.37. The molecule has 0 saturated heterocycles. The lowest BCUT2D eigenvalue weighted by Gasteiger charge is -2.14. The number of halogens is 1. The average Bonchev–Trinajstić information content (AvgIpc) is 2.93. The summed E-state index contributed by atoms with van der Waals surface area (Å²) in [6, 6.07) is 5.80. The number of rotatable bonds is 5. The summed E-state index contributed by atoms with van der Waals surface area (Å²) in [6.45, 7) is 4.86. The first-order valence-corrected chi connectivity index (χ1v) is 10.1. The van der Waals surface area contributed by atoms with E-state index in [1.807, 2.05) is 11.6 Å². The average molecular weight is 368 g/mol. The highest BCUT2D eigenvalue weighted by Crippen LogP contribution is 2.27. The van der Waals surface area contributed by atoms with Crippen LogP contribution in [0.4, 0.5) is 0 Å². The van der Waals surface area contributed by atoms with Crippen LogP contribution < -0.4 is 4.72 Å². The molecule has 0 aliphatic carbocycles. The fourth-order valence-electron chi connectivity index (χ4n) is 3.28. The number of aromatic nitrogens is 2. The van der Waals surface area contributed by atoms with Crippen molar-refractivity contribution in [3.63, 3.8) is 0 Å². The van der Waals surface area contributed by atoms with Crippen molar-refractivity contribution in [3.8, 4) is 0 Å². The topological polar surface area (TPSA) is 64.0 Å². The normalized spacial score (nSPS) is 16.0. The van der Waals surface area contributed by atoms with E-state index in [1.54, 1.807) is 12.1 Å². The second-order valence-corrected chi connectivity index (χ2v) is 8.29. The van der Waals surface area contributed by atoms with Gasteiger partial charge < -0.3 is 0 Å². The van der Waals surface area contributed by atoms with Gasteiger partial charge in [0, 0.05) is 17.3 Å². The molecule has 1 aromatic heterocycles. The maximum absolute atomic E-state index is 12.6. The van der Waals surface area contributed by atoms with Crippen LogP contribution in [0, 0.1) is 0 Å². The molecule has 0 radical (unpaired) electrons. The summed E-state index contributed by atoms with van der Waals surface area (Å²) in [5, 5.41) is 5.19. The van der Waals surface area contributed by atoms with Crippen molar-refractivity contribution >= 4 is 21.6 Å². The van der Waals surface area contributed by atoms with Gasteiger partial charge in [0.15, 0.2) is 0 Å². The van der Waals surface area contributed by atoms with Gasteiger partial charge >= 0.3 is 0 Å². The lowest BCUT2D eigenvalue weighted by atomic mass is 10.0. The Balaban J connectivity index is 1.88. The Morgan fingerprint density at radius 1 is 1.29 bits per heavy atom. The van der Waals surface area contributed by atoms with Crippen molar-refractivity contribution in [1.29, 1.82) is 0 Å². The van der Waals surface area contributed by atoms with Crippen molar-refractivity contribution in [2.45, 2.75) is 57.0 Å². The van der Waals surface area contributed by atoms with E-state index < -0.39 is 10.0 Å². The summed E-state index contributed by atoms with van der Waals surface area (Å²) >= 11 is 5.83. The molecule has 1 unspecified atom stereocenters. The van der Waals surface area contributed by atoms with Gasteiger partial charge in [0.1, 0.15) is 0 Å². The summed E-state index contributed by atoms with van der Waals surface area (Å²) in [7, 11) is -3.61. The van der Waals surface area contributed by atoms with Gasteiger partial charge in [-0.15, -0.1) is 0 Å². The van der Waals surface area contributed by atoms with Gasteiger partial charge in [0.25, 0.3) is 0 Å². The van der Waals surface area contributed by atoms with Crippen LogP contribution in [-0.2, 0) is 29.4 Å². The van der Waals surface area contributed by atoms with Crippen LogP contribution in [0.15, 0.2) is 29.2 Å². The minimum atomic E-state index is -3.61.